The van der Waals surface area contributed by atoms with Crippen LogP contribution in [0.15, 0.2) is 42.6 Å². The molecule has 4 heteroatoms. The molecule has 0 aliphatic heterocycles. The Labute approximate surface area is 119 Å². The number of rotatable bonds is 3. The second-order valence-electron chi connectivity index (χ2n) is 5.43. The standard InChI is InChI=1S/C16H20N2O2/c1-20-14-7-10-16(19,11-8-14)15-9-12-17-18(15)13-5-3-2-4-6-13/h2-6,9,12,14,19H,7-8,10-11H2,1H3. The molecule has 0 atom stereocenters. The third-order valence-corrected chi connectivity index (χ3v) is 4.21. The fraction of sp³-hybridized carbons (Fsp3) is 0.438. The molecule has 3 rings (SSSR count). The maximum atomic E-state index is 11.0. The number of hydrogen-bond acceptors (Lipinski definition) is 3. The van der Waals surface area contributed by atoms with Gasteiger partial charge < -0.3 is 9.84 Å². The minimum absolute atomic E-state index is 0.267. The summed E-state index contributed by atoms with van der Waals surface area (Å²) in [5.74, 6) is 0. The van der Waals surface area contributed by atoms with E-state index in [1.165, 1.54) is 0 Å². The van der Waals surface area contributed by atoms with Crippen LogP contribution in [0, 0.1) is 0 Å². The molecule has 0 bridgehead atoms. The molecular weight excluding hydrogens is 252 g/mol. The maximum absolute atomic E-state index is 11.0. The molecule has 0 amide bonds. The minimum Gasteiger partial charge on any atom is -0.384 e. The number of hydrogen-bond donors (Lipinski definition) is 1. The van der Waals surface area contributed by atoms with Crippen LogP contribution in [0.4, 0.5) is 0 Å². The molecule has 1 aromatic heterocycles. The Morgan fingerprint density at radius 3 is 2.55 bits per heavy atom. The van der Waals surface area contributed by atoms with Gasteiger partial charge in [-0.1, -0.05) is 18.2 Å². The van der Waals surface area contributed by atoms with Crippen LogP contribution in [-0.4, -0.2) is 28.1 Å². The van der Waals surface area contributed by atoms with E-state index in [0.717, 1.165) is 24.2 Å². The van der Waals surface area contributed by atoms with E-state index in [0.29, 0.717) is 12.8 Å². The van der Waals surface area contributed by atoms with E-state index in [9.17, 15) is 5.11 Å². The SMILES string of the molecule is COC1CCC(O)(c2ccnn2-c2ccccc2)CC1. The summed E-state index contributed by atoms with van der Waals surface area (Å²) in [6.07, 6.45) is 5.21. The van der Waals surface area contributed by atoms with Crippen molar-refractivity contribution in [3.8, 4) is 5.69 Å². The molecule has 2 aromatic rings. The predicted octanol–water partition coefficient (Wildman–Crippen LogP) is 2.65. The van der Waals surface area contributed by atoms with Crippen LogP contribution in [0.3, 0.4) is 0 Å². The highest BCUT2D eigenvalue weighted by molar-refractivity contribution is 5.34. The third-order valence-electron chi connectivity index (χ3n) is 4.21. The molecular formula is C16H20N2O2. The summed E-state index contributed by atoms with van der Waals surface area (Å²) < 4.78 is 7.22. The van der Waals surface area contributed by atoms with E-state index >= 15 is 0 Å². The highest BCUT2D eigenvalue weighted by Gasteiger charge is 2.37. The summed E-state index contributed by atoms with van der Waals surface area (Å²) in [6, 6.07) is 11.9. The van der Waals surface area contributed by atoms with Crippen LogP contribution >= 0.6 is 0 Å². The maximum Gasteiger partial charge on any atom is 0.107 e. The molecule has 0 spiro atoms. The van der Waals surface area contributed by atoms with Gasteiger partial charge >= 0.3 is 0 Å². The molecule has 1 fully saturated rings. The number of aliphatic hydroxyl groups is 1. The normalized spacial score (nSPS) is 26.6. The van der Waals surface area contributed by atoms with Gasteiger partial charge in [0.1, 0.15) is 5.60 Å². The van der Waals surface area contributed by atoms with Crippen molar-refractivity contribution in [3.63, 3.8) is 0 Å². The summed E-state index contributed by atoms with van der Waals surface area (Å²) in [7, 11) is 1.74. The molecule has 0 saturated heterocycles. The number of methoxy groups -OCH3 is 1. The van der Waals surface area contributed by atoms with Gasteiger partial charge in [-0.15, -0.1) is 0 Å². The third kappa shape index (κ3) is 2.37. The molecule has 4 nitrogen and oxygen atoms in total. The van der Waals surface area contributed by atoms with Gasteiger partial charge in [0.15, 0.2) is 0 Å². The lowest BCUT2D eigenvalue weighted by atomic mass is 9.81. The largest absolute Gasteiger partial charge is 0.384 e. The number of ether oxygens (including phenoxy) is 1. The topological polar surface area (TPSA) is 47.3 Å². The number of benzene rings is 1. The number of para-hydroxylation sites is 1. The van der Waals surface area contributed by atoms with Crippen LogP contribution < -0.4 is 0 Å². The van der Waals surface area contributed by atoms with Crippen molar-refractivity contribution in [1.29, 1.82) is 0 Å². The fourth-order valence-corrected chi connectivity index (χ4v) is 2.99. The molecule has 1 aliphatic rings. The molecule has 20 heavy (non-hydrogen) atoms. The van der Waals surface area contributed by atoms with Crippen molar-refractivity contribution in [2.24, 2.45) is 0 Å². The summed E-state index contributed by atoms with van der Waals surface area (Å²) in [5, 5.41) is 15.3. The summed E-state index contributed by atoms with van der Waals surface area (Å²) >= 11 is 0. The Bertz CT molecular complexity index is 557. The Kier molecular flexibility index (Phi) is 3.59. The molecule has 1 saturated carbocycles. The Balaban J connectivity index is 1.90. The molecule has 0 unspecified atom stereocenters. The van der Waals surface area contributed by atoms with Crippen LogP contribution in [0.25, 0.3) is 5.69 Å². The van der Waals surface area contributed by atoms with E-state index in [1.807, 2.05) is 41.1 Å². The predicted molar refractivity (Wildman–Crippen MR) is 76.7 cm³/mol. The van der Waals surface area contributed by atoms with Crippen LogP contribution in [0.2, 0.25) is 0 Å². The zero-order chi connectivity index (χ0) is 14.0. The Morgan fingerprint density at radius 2 is 1.90 bits per heavy atom. The van der Waals surface area contributed by atoms with E-state index in [2.05, 4.69) is 5.10 Å². The molecule has 1 N–H and O–H groups in total. The Morgan fingerprint density at radius 1 is 1.20 bits per heavy atom. The van der Waals surface area contributed by atoms with Gasteiger partial charge in [0.2, 0.25) is 0 Å². The number of aromatic nitrogens is 2. The first-order valence-corrected chi connectivity index (χ1v) is 7.08. The van der Waals surface area contributed by atoms with Gasteiger partial charge in [0.25, 0.3) is 0 Å². The highest BCUT2D eigenvalue weighted by Crippen LogP contribution is 2.38. The van der Waals surface area contributed by atoms with E-state index in [4.69, 9.17) is 4.74 Å². The van der Waals surface area contributed by atoms with Crippen molar-refractivity contribution in [3.05, 3.63) is 48.3 Å². The molecule has 1 heterocycles. The molecule has 0 radical (unpaired) electrons. The monoisotopic (exact) mass is 272 g/mol. The van der Waals surface area contributed by atoms with Gasteiger partial charge in [0.05, 0.1) is 17.5 Å². The van der Waals surface area contributed by atoms with Crippen molar-refractivity contribution >= 4 is 0 Å². The van der Waals surface area contributed by atoms with Crippen LogP contribution in [0.5, 0.6) is 0 Å². The molecule has 106 valence electrons. The average Bonchev–Trinajstić information content (AvgIpc) is 2.99. The van der Waals surface area contributed by atoms with E-state index < -0.39 is 5.60 Å². The average molecular weight is 272 g/mol. The van der Waals surface area contributed by atoms with Gasteiger partial charge in [-0.25, -0.2) is 4.68 Å². The summed E-state index contributed by atoms with van der Waals surface area (Å²) in [4.78, 5) is 0. The first-order valence-electron chi connectivity index (χ1n) is 7.08. The number of nitrogens with zero attached hydrogens (tertiary/aromatic N) is 2. The van der Waals surface area contributed by atoms with E-state index in [1.54, 1.807) is 13.3 Å². The van der Waals surface area contributed by atoms with Gasteiger partial charge in [-0.05, 0) is 43.9 Å². The first kappa shape index (κ1) is 13.3. The minimum atomic E-state index is -0.804. The quantitative estimate of drug-likeness (QED) is 0.934. The Hall–Kier alpha value is -1.65. The molecule has 1 aliphatic carbocycles. The van der Waals surface area contributed by atoms with Crippen molar-refractivity contribution in [2.75, 3.05) is 7.11 Å². The van der Waals surface area contributed by atoms with Gasteiger partial charge in [-0.3, -0.25) is 0 Å². The van der Waals surface area contributed by atoms with Gasteiger partial charge in [0, 0.05) is 13.3 Å². The van der Waals surface area contributed by atoms with Crippen molar-refractivity contribution in [1.82, 2.24) is 9.78 Å². The smallest absolute Gasteiger partial charge is 0.107 e. The highest BCUT2D eigenvalue weighted by atomic mass is 16.5. The second kappa shape index (κ2) is 5.38. The van der Waals surface area contributed by atoms with Gasteiger partial charge in [-0.2, -0.15) is 5.10 Å². The van der Waals surface area contributed by atoms with Crippen molar-refractivity contribution < 1.29 is 9.84 Å². The zero-order valence-corrected chi connectivity index (χ0v) is 11.7. The lowest BCUT2D eigenvalue weighted by molar-refractivity contribution is -0.0514. The molecule has 1 aromatic carbocycles. The lowest BCUT2D eigenvalue weighted by Gasteiger charge is -2.35. The first-order chi connectivity index (χ1) is 9.73. The van der Waals surface area contributed by atoms with E-state index in [-0.39, 0.29) is 6.10 Å². The summed E-state index contributed by atoms with van der Waals surface area (Å²) in [5.41, 5.74) is 1.05. The van der Waals surface area contributed by atoms with Crippen molar-refractivity contribution in [2.45, 2.75) is 37.4 Å². The lowest BCUT2D eigenvalue weighted by Crippen LogP contribution is -2.35. The second-order valence-corrected chi connectivity index (χ2v) is 5.43. The van der Waals surface area contributed by atoms with Crippen LogP contribution in [0.1, 0.15) is 31.4 Å². The van der Waals surface area contributed by atoms with Crippen LogP contribution in [-0.2, 0) is 10.3 Å². The summed E-state index contributed by atoms with van der Waals surface area (Å²) in [6.45, 7) is 0. The fourth-order valence-electron chi connectivity index (χ4n) is 2.99. The zero-order valence-electron chi connectivity index (χ0n) is 11.7.